The molecule has 1 N–H and O–H groups in total. The number of esters is 2. The molecule has 0 saturated heterocycles. The second-order valence-corrected chi connectivity index (χ2v) is 4.88. The summed E-state index contributed by atoms with van der Waals surface area (Å²) in [6.07, 6.45) is 0.358. The van der Waals surface area contributed by atoms with Crippen LogP contribution in [0.5, 0.6) is 0 Å². The summed E-state index contributed by atoms with van der Waals surface area (Å²) in [5.41, 5.74) is 0.845. The lowest BCUT2D eigenvalue weighted by Crippen LogP contribution is -2.43. The van der Waals surface area contributed by atoms with Crippen LogP contribution in [0.2, 0.25) is 0 Å². The fraction of sp³-hybridized carbons (Fsp3) is 0.471. The lowest BCUT2D eigenvalue weighted by atomic mass is 10.1. The van der Waals surface area contributed by atoms with Crippen molar-refractivity contribution < 1.29 is 23.9 Å². The Morgan fingerprint density at radius 2 is 1.70 bits per heavy atom. The predicted molar refractivity (Wildman–Crippen MR) is 84.6 cm³/mol. The number of carbonyl (C=O) groups is 3. The Labute approximate surface area is 136 Å². The highest BCUT2D eigenvalue weighted by molar-refractivity contribution is 5.86. The first kappa shape index (κ1) is 18.7. The second kappa shape index (κ2) is 10.4. The average molecular weight is 321 g/mol. The summed E-state index contributed by atoms with van der Waals surface area (Å²) in [6.45, 7) is 3.89. The van der Waals surface area contributed by atoms with E-state index in [0.29, 0.717) is 0 Å². The van der Waals surface area contributed by atoms with Gasteiger partial charge in [-0.25, -0.2) is 4.79 Å². The molecule has 1 aromatic carbocycles. The van der Waals surface area contributed by atoms with Crippen LogP contribution < -0.4 is 5.32 Å². The summed E-state index contributed by atoms with van der Waals surface area (Å²) < 4.78 is 9.77. The van der Waals surface area contributed by atoms with E-state index in [2.05, 4.69) is 5.32 Å². The minimum atomic E-state index is -0.851. The summed E-state index contributed by atoms with van der Waals surface area (Å²) in [5, 5.41) is 2.63. The van der Waals surface area contributed by atoms with Crippen molar-refractivity contribution in [3.05, 3.63) is 35.9 Å². The van der Waals surface area contributed by atoms with Gasteiger partial charge in [-0.3, -0.25) is 9.59 Å². The van der Waals surface area contributed by atoms with Crippen molar-refractivity contribution in [3.8, 4) is 0 Å². The van der Waals surface area contributed by atoms with Gasteiger partial charge in [-0.1, -0.05) is 30.3 Å². The Kier molecular flexibility index (Phi) is 8.42. The van der Waals surface area contributed by atoms with Crippen LogP contribution >= 0.6 is 0 Å². The molecule has 0 unspecified atom stereocenters. The number of hydrogen-bond acceptors (Lipinski definition) is 5. The van der Waals surface area contributed by atoms with E-state index in [9.17, 15) is 14.4 Å². The van der Waals surface area contributed by atoms with Crippen LogP contribution in [0.1, 0.15) is 32.3 Å². The molecule has 126 valence electrons. The van der Waals surface area contributed by atoms with Gasteiger partial charge in [0, 0.05) is 6.42 Å². The van der Waals surface area contributed by atoms with Gasteiger partial charge in [-0.05, 0) is 25.8 Å². The zero-order chi connectivity index (χ0) is 17.1. The number of hydrogen-bond donors (Lipinski definition) is 1. The first-order valence-electron chi connectivity index (χ1n) is 7.72. The van der Waals surface area contributed by atoms with Gasteiger partial charge in [-0.15, -0.1) is 0 Å². The van der Waals surface area contributed by atoms with Gasteiger partial charge in [0.2, 0.25) is 5.91 Å². The van der Waals surface area contributed by atoms with Crippen LogP contribution in [0, 0.1) is 0 Å². The maximum absolute atomic E-state index is 12.1. The van der Waals surface area contributed by atoms with E-state index in [-0.39, 0.29) is 38.4 Å². The highest BCUT2D eigenvalue weighted by Crippen LogP contribution is 2.05. The molecule has 0 aliphatic rings. The largest absolute Gasteiger partial charge is 0.466 e. The normalized spacial score (nSPS) is 11.4. The smallest absolute Gasteiger partial charge is 0.328 e. The number of rotatable bonds is 9. The molecule has 0 aliphatic carbocycles. The van der Waals surface area contributed by atoms with Crippen molar-refractivity contribution in [2.45, 2.75) is 39.2 Å². The number of amides is 1. The molecule has 0 fully saturated rings. The third-order valence-corrected chi connectivity index (χ3v) is 3.06. The minimum Gasteiger partial charge on any atom is -0.466 e. The molecule has 0 spiro atoms. The van der Waals surface area contributed by atoms with Gasteiger partial charge in [0.25, 0.3) is 0 Å². The first-order valence-corrected chi connectivity index (χ1v) is 7.72. The minimum absolute atomic E-state index is 0.0446. The molecule has 0 aromatic heterocycles. The number of carbonyl (C=O) groups excluding carboxylic acids is 3. The third-order valence-electron chi connectivity index (χ3n) is 3.06. The molecule has 6 heteroatoms. The standard InChI is InChI=1S/C17H23NO5/c1-3-22-16(20)11-10-14(17(21)23-4-2)18-15(19)12-13-8-6-5-7-9-13/h5-9,14H,3-4,10-12H2,1-2H3,(H,18,19)/t14-/m0/s1. The predicted octanol–water partition coefficient (Wildman–Crippen LogP) is 1.62. The summed E-state index contributed by atoms with van der Waals surface area (Å²) in [6, 6.07) is 8.35. The molecule has 0 radical (unpaired) electrons. The SMILES string of the molecule is CCOC(=O)CC[C@H](NC(=O)Cc1ccccc1)C(=O)OCC. The van der Waals surface area contributed by atoms with Gasteiger partial charge < -0.3 is 14.8 Å². The van der Waals surface area contributed by atoms with Gasteiger partial charge >= 0.3 is 11.9 Å². The Morgan fingerprint density at radius 3 is 2.30 bits per heavy atom. The van der Waals surface area contributed by atoms with Gasteiger partial charge in [0.1, 0.15) is 6.04 Å². The fourth-order valence-corrected chi connectivity index (χ4v) is 2.01. The lowest BCUT2D eigenvalue weighted by molar-refractivity contribution is -0.148. The first-order chi connectivity index (χ1) is 11.1. The van der Waals surface area contributed by atoms with Crippen molar-refractivity contribution >= 4 is 17.8 Å². The second-order valence-electron chi connectivity index (χ2n) is 4.88. The van der Waals surface area contributed by atoms with Crippen LogP contribution in [0.4, 0.5) is 0 Å². The van der Waals surface area contributed by atoms with Crippen LogP contribution in [0.25, 0.3) is 0 Å². The van der Waals surface area contributed by atoms with Crippen molar-refractivity contribution in [2.75, 3.05) is 13.2 Å². The van der Waals surface area contributed by atoms with Crippen molar-refractivity contribution in [2.24, 2.45) is 0 Å². The molecular weight excluding hydrogens is 298 g/mol. The molecule has 6 nitrogen and oxygen atoms in total. The molecule has 0 bridgehead atoms. The highest BCUT2D eigenvalue weighted by atomic mass is 16.5. The van der Waals surface area contributed by atoms with Crippen LogP contribution in [0.15, 0.2) is 30.3 Å². The zero-order valence-corrected chi connectivity index (χ0v) is 13.5. The van der Waals surface area contributed by atoms with Crippen LogP contribution in [-0.2, 0) is 30.3 Å². The van der Waals surface area contributed by atoms with Crippen molar-refractivity contribution in [3.63, 3.8) is 0 Å². The monoisotopic (exact) mass is 321 g/mol. The topological polar surface area (TPSA) is 81.7 Å². The summed E-state index contributed by atoms with van der Waals surface area (Å²) in [4.78, 5) is 35.4. The Hall–Kier alpha value is -2.37. The van der Waals surface area contributed by atoms with E-state index >= 15 is 0 Å². The number of nitrogens with one attached hydrogen (secondary N) is 1. The number of ether oxygens (including phenoxy) is 2. The average Bonchev–Trinajstić information content (AvgIpc) is 2.52. The molecule has 1 atom stereocenters. The molecule has 0 aliphatic heterocycles. The fourth-order valence-electron chi connectivity index (χ4n) is 2.01. The Bertz CT molecular complexity index is 515. The maximum atomic E-state index is 12.1. The Morgan fingerprint density at radius 1 is 1.04 bits per heavy atom. The summed E-state index contributed by atoms with van der Waals surface area (Å²) in [7, 11) is 0. The maximum Gasteiger partial charge on any atom is 0.328 e. The molecule has 0 heterocycles. The van der Waals surface area contributed by atoms with Gasteiger partial charge in [-0.2, -0.15) is 0 Å². The van der Waals surface area contributed by atoms with Gasteiger partial charge in [0.15, 0.2) is 0 Å². The van der Waals surface area contributed by atoms with Gasteiger partial charge in [0.05, 0.1) is 19.6 Å². The molecule has 1 amide bonds. The number of benzene rings is 1. The van der Waals surface area contributed by atoms with Crippen LogP contribution in [0.3, 0.4) is 0 Å². The molecule has 1 rings (SSSR count). The lowest BCUT2D eigenvalue weighted by Gasteiger charge is -2.17. The van der Waals surface area contributed by atoms with E-state index in [0.717, 1.165) is 5.56 Å². The van der Waals surface area contributed by atoms with Crippen molar-refractivity contribution in [1.29, 1.82) is 0 Å². The van der Waals surface area contributed by atoms with Crippen molar-refractivity contribution in [1.82, 2.24) is 5.32 Å². The van der Waals surface area contributed by atoms with E-state index in [1.54, 1.807) is 13.8 Å². The quantitative estimate of drug-likeness (QED) is 0.699. The van der Waals surface area contributed by atoms with E-state index < -0.39 is 18.0 Å². The van der Waals surface area contributed by atoms with E-state index in [1.165, 1.54) is 0 Å². The summed E-state index contributed by atoms with van der Waals surface area (Å²) >= 11 is 0. The highest BCUT2D eigenvalue weighted by Gasteiger charge is 2.23. The molecule has 0 saturated carbocycles. The third kappa shape index (κ3) is 7.44. The molecular formula is C17H23NO5. The van der Waals surface area contributed by atoms with E-state index in [1.807, 2.05) is 30.3 Å². The zero-order valence-electron chi connectivity index (χ0n) is 13.5. The Balaban J connectivity index is 2.59. The van der Waals surface area contributed by atoms with Crippen LogP contribution in [-0.4, -0.2) is 37.1 Å². The summed E-state index contributed by atoms with van der Waals surface area (Å²) in [5.74, 6) is -1.24. The van der Waals surface area contributed by atoms with E-state index in [4.69, 9.17) is 9.47 Å². The molecule has 1 aromatic rings. The molecule has 23 heavy (non-hydrogen) atoms.